The van der Waals surface area contributed by atoms with Crippen LogP contribution in [-0.2, 0) is 9.53 Å². The third-order valence-corrected chi connectivity index (χ3v) is 2.12. The lowest BCUT2D eigenvalue weighted by Crippen LogP contribution is -2.37. The summed E-state index contributed by atoms with van der Waals surface area (Å²) in [6.45, 7) is 0.166. The van der Waals surface area contributed by atoms with Crippen molar-refractivity contribution in [3.05, 3.63) is 29.3 Å². The number of hydrogen-bond acceptors (Lipinski definition) is 4. The van der Waals surface area contributed by atoms with Crippen molar-refractivity contribution in [1.82, 2.24) is 0 Å². The van der Waals surface area contributed by atoms with E-state index in [9.17, 15) is 4.79 Å². The third-order valence-electron chi connectivity index (χ3n) is 1.89. The fourth-order valence-electron chi connectivity index (χ4n) is 1.14. The van der Waals surface area contributed by atoms with Crippen LogP contribution in [0.15, 0.2) is 24.3 Å². The zero-order valence-electron chi connectivity index (χ0n) is 8.37. The normalized spacial score (nSPS) is 11.9. The molecule has 3 N–H and O–H groups in total. The minimum absolute atomic E-state index is 0.166. The second kappa shape index (κ2) is 5.58. The number of methoxy groups -OCH3 is 1. The number of rotatable bonds is 4. The van der Waals surface area contributed by atoms with Crippen LogP contribution >= 0.6 is 11.6 Å². The molecule has 0 aromatic heterocycles. The van der Waals surface area contributed by atoms with Crippen molar-refractivity contribution in [2.45, 2.75) is 6.04 Å². The Labute approximate surface area is 93.4 Å². The van der Waals surface area contributed by atoms with Gasteiger partial charge in [0.25, 0.3) is 0 Å². The van der Waals surface area contributed by atoms with Crippen LogP contribution in [0.3, 0.4) is 0 Å². The largest absolute Gasteiger partial charge is 0.467 e. The van der Waals surface area contributed by atoms with Crippen LogP contribution in [0.2, 0.25) is 5.02 Å². The Kier molecular flexibility index (Phi) is 4.39. The number of esters is 1. The molecule has 4 nitrogen and oxygen atoms in total. The molecule has 1 aromatic carbocycles. The lowest BCUT2D eigenvalue weighted by molar-refractivity contribution is -0.141. The third kappa shape index (κ3) is 3.42. The van der Waals surface area contributed by atoms with E-state index in [1.165, 1.54) is 7.11 Å². The number of ether oxygens (including phenoxy) is 1. The minimum Gasteiger partial charge on any atom is -0.467 e. The molecule has 15 heavy (non-hydrogen) atoms. The van der Waals surface area contributed by atoms with Gasteiger partial charge in [0.05, 0.1) is 7.11 Å². The first-order chi connectivity index (χ1) is 7.17. The van der Waals surface area contributed by atoms with E-state index in [0.717, 1.165) is 5.69 Å². The van der Waals surface area contributed by atoms with Crippen molar-refractivity contribution in [2.24, 2.45) is 5.73 Å². The summed E-state index contributed by atoms with van der Waals surface area (Å²) in [5.41, 5.74) is 6.18. The number of carbonyl (C=O) groups excluding carboxylic acids is 1. The molecule has 0 aliphatic carbocycles. The highest BCUT2D eigenvalue weighted by Gasteiger charge is 2.16. The molecule has 0 aliphatic rings. The van der Waals surface area contributed by atoms with E-state index in [-0.39, 0.29) is 6.54 Å². The first-order valence-electron chi connectivity index (χ1n) is 4.47. The van der Waals surface area contributed by atoms with Crippen LogP contribution in [0.1, 0.15) is 0 Å². The Morgan fingerprint density at radius 3 is 2.93 bits per heavy atom. The number of nitrogens with two attached hydrogens (primary N) is 1. The standard InChI is InChI=1S/C10H13ClN2O2/c1-15-10(14)9(6-12)13-8-4-2-3-7(11)5-8/h2-5,9,13H,6,12H2,1H3. The van der Waals surface area contributed by atoms with Gasteiger partial charge in [0.15, 0.2) is 0 Å². The molecular weight excluding hydrogens is 216 g/mol. The molecule has 0 amide bonds. The number of anilines is 1. The number of carbonyl (C=O) groups is 1. The zero-order valence-corrected chi connectivity index (χ0v) is 9.12. The number of halogens is 1. The molecule has 1 unspecified atom stereocenters. The van der Waals surface area contributed by atoms with Crippen LogP contribution in [0.4, 0.5) is 5.69 Å². The van der Waals surface area contributed by atoms with Crippen LogP contribution < -0.4 is 11.1 Å². The average molecular weight is 229 g/mol. The minimum atomic E-state index is -0.548. The van der Waals surface area contributed by atoms with E-state index in [2.05, 4.69) is 10.1 Å². The smallest absolute Gasteiger partial charge is 0.329 e. The molecule has 5 heteroatoms. The van der Waals surface area contributed by atoms with Gasteiger partial charge >= 0.3 is 5.97 Å². The van der Waals surface area contributed by atoms with E-state index in [1.807, 2.05) is 0 Å². The second-order valence-electron chi connectivity index (χ2n) is 2.97. The molecule has 1 aromatic rings. The predicted octanol–water partition coefficient (Wildman–Crippen LogP) is 1.25. The van der Waals surface area contributed by atoms with Crippen molar-refractivity contribution in [2.75, 3.05) is 19.0 Å². The van der Waals surface area contributed by atoms with Gasteiger partial charge in [-0.3, -0.25) is 0 Å². The maximum absolute atomic E-state index is 11.2. The lowest BCUT2D eigenvalue weighted by Gasteiger charge is -2.15. The second-order valence-corrected chi connectivity index (χ2v) is 3.40. The highest BCUT2D eigenvalue weighted by atomic mass is 35.5. The lowest BCUT2D eigenvalue weighted by atomic mass is 10.2. The molecular formula is C10H13ClN2O2. The molecule has 0 heterocycles. The van der Waals surface area contributed by atoms with Gasteiger partial charge in [-0.1, -0.05) is 17.7 Å². The number of nitrogens with one attached hydrogen (secondary N) is 1. The van der Waals surface area contributed by atoms with Crippen LogP contribution in [-0.4, -0.2) is 25.7 Å². The molecule has 0 aliphatic heterocycles. The molecule has 0 spiro atoms. The van der Waals surface area contributed by atoms with Gasteiger partial charge in [-0.05, 0) is 18.2 Å². The summed E-state index contributed by atoms with van der Waals surface area (Å²) in [5.74, 6) is -0.391. The van der Waals surface area contributed by atoms with E-state index >= 15 is 0 Å². The first kappa shape index (κ1) is 11.8. The SMILES string of the molecule is COC(=O)C(CN)Nc1cccc(Cl)c1. The Morgan fingerprint density at radius 1 is 1.67 bits per heavy atom. The van der Waals surface area contributed by atoms with Gasteiger partial charge < -0.3 is 15.8 Å². The summed E-state index contributed by atoms with van der Waals surface area (Å²) in [7, 11) is 1.32. The summed E-state index contributed by atoms with van der Waals surface area (Å²) in [4.78, 5) is 11.2. The molecule has 82 valence electrons. The average Bonchev–Trinajstić information content (AvgIpc) is 2.25. The molecule has 1 rings (SSSR count). The Hall–Kier alpha value is -1.26. The predicted molar refractivity (Wildman–Crippen MR) is 59.9 cm³/mol. The highest BCUT2D eigenvalue weighted by Crippen LogP contribution is 2.15. The molecule has 0 bridgehead atoms. The zero-order chi connectivity index (χ0) is 11.3. The van der Waals surface area contributed by atoms with Crippen molar-refractivity contribution in [3.8, 4) is 0 Å². The fraction of sp³-hybridized carbons (Fsp3) is 0.300. The fourth-order valence-corrected chi connectivity index (χ4v) is 1.33. The van der Waals surface area contributed by atoms with Gasteiger partial charge in [-0.25, -0.2) is 4.79 Å². The van der Waals surface area contributed by atoms with Gasteiger partial charge in [0.2, 0.25) is 0 Å². The molecule has 0 saturated heterocycles. The topological polar surface area (TPSA) is 64.3 Å². The monoisotopic (exact) mass is 228 g/mol. The van der Waals surface area contributed by atoms with Crippen molar-refractivity contribution < 1.29 is 9.53 Å². The molecule has 1 atom stereocenters. The van der Waals surface area contributed by atoms with E-state index < -0.39 is 12.0 Å². The van der Waals surface area contributed by atoms with Crippen LogP contribution in [0.25, 0.3) is 0 Å². The van der Waals surface area contributed by atoms with Crippen LogP contribution in [0, 0.1) is 0 Å². The quantitative estimate of drug-likeness (QED) is 0.762. The Morgan fingerprint density at radius 2 is 2.40 bits per heavy atom. The molecule has 0 saturated carbocycles. The van der Waals surface area contributed by atoms with Gasteiger partial charge in [-0.15, -0.1) is 0 Å². The Bertz CT molecular complexity index is 344. The van der Waals surface area contributed by atoms with Crippen molar-refractivity contribution >= 4 is 23.3 Å². The molecule has 0 fully saturated rings. The van der Waals surface area contributed by atoms with E-state index in [1.54, 1.807) is 24.3 Å². The Balaban J connectivity index is 2.70. The summed E-state index contributed by atoms with van der Waals surface area (Å²) >= 11 is 5.80. The number of benzene rings is 1. The van der Waals surface area contributed by atoms with Gasteiger partial charge in [0.1, 0.15) is 6.04 Å². The van der Waals surface area contributed by atoms with Gasteiger partial charge in [0, 0.05) is 17.3 Å². The maximum Gasteiger partial charge on any atom is 0.329 e. The van der Waals surface area contributed by atoms with Crippen molar-refractivity contribution in [1.29, 1.82) is 0 Å². The van der Waals surface area contributed by atoms with Crippen molar-refractivity contribution in [3.63, 3.8) is 0 Å². The highest BCUT2D eigenvalue weighted by molar-refractivity contribution is 6.30. The van der Waals surface area contributed by atoms with Gasteiger partial charge in [-0.2, -0.15) is 0 Å². The van der Waals surface area contributed by atoms with Crippen LogP contribution in [0.5, 0.6) is 0 Å². The summed E-state index contributed by atoms with van der Waals surface area (Å²) < 4.78 is 4.59. The summed E-state index contributed by atoms with van der Waals surface area (Å²) in [6, 6.07) is 6.51. The maximum atomic E-state index is 11.2. The van der Waals surface area contributed by atoms with E-state index in [0.29, 0.717) is 5.02 Å². The number of hydrogen-bond donors (Lipinski definition) is 2. The van der Waals surface area contributed by atoms with E-state index in [4.69, 9.17) is 17.3 Å². The summed E-state index contributed by atoms with van der Waals surface area (Å²) in [6.07, 6.45) is 0. The first-order valence-corrected chi connectivity index (χ1v) is 4.85. The molecule has 0 radical (unpaired) electrons. The summed E-state index contributed by atoms with van der Waals surface area (Å²) in [5, 5.41) is 3.53.